The predicted octanol–water partition coefficient (Wildman–Crippen LogP) is 3.09. The van der Waals surface area contributed by atoms with Crippen molar-refractivity contribution in [3.63, 3.8) is 0 Å². The van der Waals surface area contributed by atoms with Gasteiger partial charge in [0.25, 0.3) is 0 Å². The number of rotatable bonds is 1. The van der Waals surface area contributed by atoms with Crippen molar-refractivity contribution in [3.8, 4) is 0 Å². The van der Waals surface area contributed by atoms with Crippen molar-refractivity contribution in [1.29, 1.82) is 0 Å². The summed E-state index contributed by atoms with van der Waals surface area (Å²) in [5.41, 5.74) is -1.10. The summed E-state index contributed by atoms with van der Waals surface area (Å²) < 4.78 is 17.9. The van der Waals surface area contributed by atoms with E-state index < -0.39 is 5.60 Å². The first-order valence-corrected chi connectivity index (χ1v) is 8.20. The van der Waals surface area contributed by atoms with Crippen LogP contribution in [0.5, 0.6) is 0 Å². The zero-order chi connectivity index (χ0) is 16.6. The number of piperidine rings is 1. The summed E-state index contributed by atoms with van der Waals surface area (Å²) in [6.45, 7) is 15.4. The third-order valence-corrected chi connectivity index (χ3v) is 5.58. The van der Waals surface area contributed by atoms with Crippen LogP contribution < -0.4 is 0 Å². The molecule has 2 atom stereocenters. The molecular weight excluding hydrogens is 281 g/mol. The molecule has 2 aliphatic heterocycles. The number of nitrogens with zero attached hydrogens (tertiary/aromatic N) is 1. The fourth-order valence-electron chi connectivity index (χ4n) is 3.43. The molecule has 3 aliphatic rings. The SMILES string of the molecule is CC(C)(C)OC(=O)N1C[C@@H]2C[C@]2(B2OC(C)(C)C(C)(C)O2)C1. The highest BCUT2D eigenvalue weighted by atomic mass is 16.7. The van der Waals surface area contributed by atoms with Crippen molar-refractivity contribution >= 4 is 13.2 Å². The van der Waals surface area contributed by atoms with Gasteiger partial charge in [0.15, 0.2) is 0 Å². The van der Waals surface area contributed by atoms with Crippen LogP contribution in [-0.2, 0) is 14.0 Å². The molecule has 22 heavy (non-hydrogen) atoms. The molecule has 0 spiro atoms. The Hall–Kier alpha value is -0.745. The molecule has 0 aromatic rings. The molecule has 0 aromatic carbocycles. The van der Waals surface area contributed by atoms with Crippen LogP contribution in [0.2, 0.25) is 5.31 Å². The monoisotopic (exact) mass is 309 g/mol. The van der Waals surface area contributed by atoms with Gasteiger partial charge < -0.3 is 18.9 Å². The van der Waals surface area contributed by atoms with Gasteiger partial charge in [-0.15, -0.1) is 0 Å². The Balaban J connectivity index is 1.68. The number of hydrogen-bond donors (Lipinski definition) is 0. The van der Waals surface area contributed by atoms with E-state index in [9.17, 15) is 4.79 Å². The van der Waals surface area contributed by atoms with Crippen LogP contribution in [0.1, 0.15) is 54.9 Å². The summed E-state index contributed by atoms with van der Waals surface area (Å²) in [4.78, 5) is 14.1. The lowest BCUT2D eigenvalue weighted by atomic mass is 9.67. The van der Waals surface area contributed by atoms with E-state index in [1.54, 1.807) is 0 Å². The topological polar surface area (TPSA) is 48.0 Å². The van der Waals surface area contributed by atoms with E-state index in [0.717, 1.165) is 13.0 Å². The molecule has 0 aromatic heterocycles. The third-order valence-electron chi connectivity index (χ3n) is 5.58. The maximum absolute atomic E-state index is 12.3. The van der Waals surface area contributed by atoms with Crippen molar-refractivity contribution in [1.82, 2.24) is 4.90 Å². The second-order valence-corrected chi connectivity index (χ2v) is 9.08. The summed E-state index contributed by atoms with van der Waals surface area (Å²) in [6.07, 6.45) is 0.846. The van der Waals surface area contributed by atoms with Gasteiger partial charge in [0.05, 0.1) is 11.2 Å². The molecule has 3 fully saturated rings. The van der Waals surface area contributed by atoms with E-state index in [1.165, 1.54) is 0 Å². The van der Waals surface area contributed by atoms with E-state index in [0.29, 0.717) is 12.5 Å². The number of likely N-dealkylation sites (tertiary alicyclic amines) is 1. The van der Waals surface area contributed by atoms with Gasteiger partial charge in [0.2, 0.25) is 0 Å². The molecule has 2 saturated heterocycles. The minimum atomic E-state index is -0.457. The molecule has 1 aliphatic carbocycles. The number of carbonyl (C=O) groups is 1. The van der Waals surface area contributed by atoms with E-state index in [2.05, 4.69) is 27.7 Å². The van der Waals surface area contributed by atoms with Gasteiger partial charge in [-0.1, -0.05) is 0 Å². The number of carbonyl (C=O) groups excluding carboxylic acids is 1. The standard InChI is InChI=1S/C16H28BNO4/c1-13(2,3)20-12(19)18-9-11-8-16(11,10-18)17-21-14(4,5)15(6,7)22-17/h11H,8-10H2,1-7H3/t11-,16-/m0/s1. The Bertz CT molecular complexity index is 483. The van der Waals surface area contributed by atoms with Crippen LogP contribution in [0.3, 0.4) is 0 Å². The molecule has 5 nitrogen and oxygen atoms in total. The molecule has 0 unspecified atom stereocenters. The molecule has 6 heteroatoms. The van der Waals surface area contributed by atoms with Crippen LogP contribution >= 0.6 is 0 Å². The number of hydrogen-bond acceptors (Lipinski definition) is 4. The zero-order valence-electron chi connectivity index (χ0n) is 14.9. The Morgan fingerprint density at radius 1 is 1.18 bits per heavy atom. The Morgan fingerprint density at radius 2 is 1.73 bits per heavy atom. The van der Waals surface area contributed by atoms with Crippen molar-refractivity contribution in [2.24, 2.45) is 5.92 Å². The van der Waals surface area contributed by atoms with Crippen LogP contribution in [0, 0.1) is 5.92 Å². The van der Waals surface area contributed by atoms with Gasteiger partial charge in [-0.2, -0.15) is 0 Å². The Labute approximate surface area is 133 Å². The molecule has 3 rings (SSSR count). The van der Waals surface area contributed by atoms with Gasteiger partial charge in [-0.3, -0.25) is 0 Å². The highest BCUT2D eigenvalue weighted by molar-refractivity contribution is 6.51. The lowest BCUT2D eigenvalue weighted by molar-refractivity contribution is 0.00578. The van der Waals surface area contributed by atoms with Crippen LogP contribution in [0.4, 0.5) is 4.79 Å². The summed E-state index contributed by atoms with van der Waals surface area (Å²) in [5.74, 6) is 0.467. The van der Waals surface area contributed by atoms with Crippen molar-refractivity contribution in [2.75, 3.05) is 13.1 Å². The van der Waals surface area contributed by atoms with Gasteiger partial charge in [0, 0.05) is 18.4 Å². The lowest BCUT2D eigenvalue weighted by Crippen LogP contribution is -2.41. The Morgan fingerprint density at radius 3 is 2.23 bits per heavy atom. The maximum Gasteiger partial charge on any atom is 0.466 e. The quantitative estimate of drug-likeness (QED) is 0.698. The van der Waals surface area contributed by atoms with Crippen molar-refractivity contribution in [2.45, 2.75) is 77.0 Å². The molecular formula is C16H28BNO4. The van der Waals surface area contributed by atoms with Crippen LogP contribution in [0.25, 0.3) is 0 Å². The highest BCUT2D eigenvalue weighted by Crippen LogP contribution is 2.68. The van der Waals surface area contributed by atoms with E-state index in [-0.39, 0.29) is 29.7 Å². The van der Waals surface area contributed by atoms with Gasteiger partial charge in [-0.25, -0.2) is 4.79 Å². The fraction of sp³-hybridized carbons (Fsp3) is 0.938. The highest BCUT2D eigenvalue weighted by Gasteiger charge is 2.73. The van der Waals surface area contributed by atoms with Gasteiger partial charge in [0.1, 0.15) is 5.60 Å². The fourth-order valence-corrected chi connectivity index (χ4v) is 3.43. The van der Waals surface area contributed by atoms with Gasteiger partial charge in [-0.05, 0) is 60.8 Å². The first kappa shape index (κ1) is 16.1. The molecule has 0 bridgehead atoms. The number of ether oxygens (including phenoxy) is 1. The molecule has 0 N–H and O–H groups in total. The lowest BCUT2D eigenvalue weighted by Gasteiger charge is -2.32. The summed E-state index contributed by atoms with van der Waals surface area (Å²) in [5, 5.41) is -0.0397. The number of fused-ring (bicyclic) bond motifs is 1. The molecule has 1 amide bonds. The molecule has 124 valence electrons. The largest absolute Gasteiger partial charge is 0.466 e. The first-order chi connectivity index (χ1) is 9.86. The van der Waals surface area contributed by atoms with Crippen LogP contribution in [0.15, 0.2) is 0 Å². The maximum atomic E-state index is 12.3. The van der Waals surface area contributed by atoms with Crippen molar-refractivity contribution < 1.29 is 18.8 Å². The predicted molar refractivity (Wildman–Crippen MR) is 84.7 cm³/mol. The number of amides is 1. The Kier molecular flexibility index (Phi) is 3.23. The second-order valence-electron chi connectivity index (χ2n) is 9.08. The van der Waals surface area contributed by atoms with E-state index in [4.69, 9.17) is 14.0 Å². The van der Waals surface area contributed by atoms with E-state index in [1.807, 2.05) is 25.7 Å². The zero-order valence-corrected chi connectivity index (χ0v) is 14.9. The molecule has 0 radical (unpaired) electrons. The molecule has 2 heterocycles. The third kappa shape index (κ3) is 2.44. The second kappa shape index (κ2) is 4.41. The average Bonchev–Trinajstić information content (AvgIpc) is 2.79. The van der Waals surface area contributed by atoms with Crippen molar-refractivity contribution in [3.05, 3.63) is 0 Å². The normalized spacial score (nSPS) is 35.5. The minimum Gasteiger partial charge on any atom is -0.444 e. The molecule has 1 saturated carbocycles. The first-order valence-electron chi connectivity index (χ1n) is 8.20. The summed E-state index contributed by atoms with van der Waals surface area (Å²) in [6, 6.07) is 0. The average molecular weight is 309 g/mol. The minimum absolute atomic E-state index is 0.0397. The summed E-state index contributed by atoms with van der Waals surface area (Å²) >= 11 is 0. The summed E-state index contributed by atoms with van der Waals surface area (Å²) in [7, 11) is -0.227. The smallest absolute Gasteiger partial charge is 0.444 e. The van der Waals surface area contributed by atoms with Crippen LogP contribution in [-0.4, -0.2) is 48.0 Å². The van der Waals surface area contributed by atoms with Gasteiger partial charge >= 0.3 is 13.2 Å². The van der Waals surface area contributed by atoms with E-state index >= 15 is 0 Å².